The smallest absolute Gasteiger partial charge is 0.140 e. The first-order valence-electron chi connectivity index (χ1n) is 7.45. The van der Waals surface area contributed by atoms with Crippen molar-refractivity contribution in [2.75, 3.05) is 7.11 Å². The van der Waals surface area contributed by atoms with Gasteiger partial charge in [-0.1, -0.05) is 13.0 Å². The summed E-state index contributed by atoms with van der Waals surface area (Å²) in [7, 11) is 1.65. The summed E-state index contributed by atoms with van der Waals surface area (Å²) in [4.78, 5) is 4.77. The molecule has 0 saturated carbocycles. The molecule has 0 aliphatic carbocycles. The number of aliphatic hydroxyl groups is 1. The highest BCUT2D eigenvalue weighted by Crippen LogP contribution is 2.32. The summed E-state index contributed by atoms with van der Waals surface area (Å²) < 4.78 is 7.20. The van der Waals surface area contributed by atoms with E-state index in [9.17, 15) is 5.11 Å². The van der Waals surface area contributed by atoms with Crippen molar-refractivity contribution in [3.8, 4) is 17.0 Å². The van der Waals surface area contributed by atoms with Gasteiger partial charge in [0.1, 0.15) is 11.4 Å². The highest BCUT2D eigenvalue weighted by Gasteiger charge is 2.20. The van der Waals surface area contributed by atoms with Crippen LogP contribution >= 0.6 is 0 Å². The van der Waals surface area contributed by atoms with Crippen molar-refractivity contribution in [1.29, 1.82) is 0 Å². The summed E-state index contributed by atoms with van der Waals surface area (Å²) in [5, 5.41) is 10.5. The molecule has 0 aliphatic heterocycles. The SMILES string of the molecule is CCC(O)c1c(-c2ccc(OC)cc2)nc2c(C)cccn12. The summed E-state index contributed by atoms with van der Waals surface area (Å²) in [5.74, 6) is 0.807. The van der Waals surface area contributed by atoms with Gasteiger partial charge in [-0.25, -0.2) is 4.98 Å². The second-order valence-electron chi connectivity index (χ2n) is 5.38. The number of aryl methyl sites for hydroxylation is 1. The summed E-state index contributed by atoms with van der Waals surface area (Å²) in [5.41, 5.74) is 4.62. The molecule has 1 N–H and O–H groups in total. The van der Waals surface area contributed by atoms with Crippen LogP contribution in [-0.2, 0) is 0 Å². The molecule has 22 heavy (non-hydrogen) atoms. The molecule has 0 saturated heterocycles. The standard InChI is InChI=1S/C18H20N2O2/c1-4-15(21)17-16(13-7-9-14(22-3)10-8-13)19-18-12(2)6-5-11-20(17)18/h5-11,15,21H,4H2,1-3H3. The van der Waals surface area contributed by atoms with E-state index in [0.717, 1.165) is 33.9 Å². The maximum atomic E-state index is 10.5. The predicted molar refractivity (Wildman–Crippen MR) is 87.2 cm³/mol. The highest BCUT2D eigenvalue weighted by atomic mass is 16.5. The van der Waals surface area contributed by atoms with E-state index in [2.05, 4.69) is 0 Å². The number of aromatic nitrogens is 2. The third-order valence-corrected chi connectivity index (χ3v) is 3.95. The van der Waals surface area contributed by atoms with Gasteiger partial charge in [0.2, 0.25) is 0 Å². The first-order valence-corrected chi connectivity index (χ1v) is 7.45. The van der Waals surface area contributed by atoms with Crippen molar-refractivity contribution in [3.63, 3.8) is 0 Å². The molecule has 3 rings (SSSR count). The van der Waals surface area contributed by atoms with Crippen LogP contribution in [-0.4, -0.2) is 21.6 Å². The Hall–Kier alpha value is -2.33. The van der Waals surface area contributed by atoms with Crippen molar-refractivity contribution < 1.29 is 9.84 Å². The minimum atomic E-state index is -0.547. The number of ether oxygens (including phenoxy) is 1. The van der Waals surface area contributed by atoms with Crippen LogP contribution < -0.4 is 4.74 Å². The van der Waals surface area contributed by atoms with Gasteiger partial charge in [-0.3, -0.25) is 0 Å². The number of benzene rings is 1. The average Bonchev–Trinajstić information content (AvgIpc) is 2.95. The maximum absolute atomic E-state index is 10.5. The van der Waals surface area contributed by atoms with Crippen LogP contribution in [0.2, 0.25) is 0 Å². The molecule has 1 aromatic carbocycles. The lowest BCUT2D eigenvalue weighted by atomic mass is 10.1. The summed E-state index contributed by atoms with van der Waals surface area (Å²) in [6.07, 6.45) is 2.05. The first-order chi connectivity index (χ1) is 10.7. The first kappa shape index (κ1) is 14.6. The lowest BCUT2D eigenvalue weighted by Crippen LogP contribution is -2.02. The number of aliphatic hydroxyl groups excluding tert-OH is 1. The Kier molecular flexibility index (Phi) is 3.86. The molecule has 3 aromatic rings. The Labute approximate surface area is 130 Å². The Morgan fingerprint density at radius 3 is 2.59 bits per heavy atom. The van der Waals surface area contributed by atoms with E-state index in [1.807, 2.05) is 60.8 Å². The van der Waals surface area contributed by atoms with Crippen LogP contribution in [0, 0.1) is 6.92 Å². The number of nitrogens with zero attached hydrogens (tertiary/aromatic N) is 2. The fourth-order valence-corrected chi connectivity index (χ4v) is 2.70. The molecular weight excluding hydrogens is 276 g/mol. The molecule has 0 radical (unpaired) electrons. The molecule has 1 unspecified atom stereocenters. The van der Waals surface area contributed by atoms with Gasteiger partial charge in [-0.15, -0.1) is 0 Å². The van der Waals surface area contributed by atoms with Gasteiger partial charge in [-0.05, 0) is 49.2 Å². The molecule has 0 amide bonds. The van der Waals surface area contributed by atoms with Crippen LogP contribution in [0.1, 0.15) is 30.7 Å². The average molecular weight is 296 g/mol. The van der Waals surface area contributed by atoms with E-state index < -0.39 is 6.10 Å². The third kappa shape index (κ3) is 2.35. The zero-order chi connectivity index (χ0) is 15.7. The van der Waals surface area contributed by atoms with Gasteiger partial charge < -0.3 is 14.2 Å². The quantitative estimate of drug-likeness (QED) is 0.797. The van der Waals surface area contributed by atoms with Gasteiger partial charge in [0, 0.05) is 11.8 Å². The zero-order valence-corrected chi connectivity index (χ0v) is 13.1. The van der Waals surface area contributed by atoms with E-state index in [4.69, 9.17) is 9.72 Å². The van der Waals surface area contributed by atoms with E-state index in [1.54, 1.807) is 7.11 Å². The topological polar surface area (TPSA) is 46.8 Å². The Bertz CT molecular complexity index is 791. The van der Waals surface area contributed by atoms with Crippen LogP contribution in [0.5, 0.6) is 5.75 Å². The number of hydrogen-bond acceptors (Lipinski definition) is 3. The second kappa shape index (κ2) is 5.81. The van der Waals surface area contributed by atoms with Gasteiger partial charge in [-0.2, -0.15) is 0 Å². The van der Waals surface area contributed by atoms with E-state index in [1.165, 1.54) is 0 Å². The maximum Gasteiger partial charge on any atom is 0.140 e. The monoisotopic (exact) mass is 296 g/mol. The minimum absolute atomic E-state index is 0.547. The van der Waals surface area contributed by atoms with Gasteiger partial charge in [0.05, 0.1) is 24.6 Å². The highest BCUT2D eigenvalue weighted by molar-refractivity contribution is 5.69. The van der Waals surface area contributed by atoms with Crippen LogP contribution in [0.4, 0.5) is 0 Å². The molecule has 0 fully saturated rings. The number of methoxy groups -OCH3 is 1. The second-order valence-corrected chi connectivity index (χ2v) is 5.38. The number of fused-ring (bicyclic) bond motifs is 1. The summed E-state index contributed by atoms with van der Waals surface area (Å²) in [6.45, 7) is 4.00. The Morgan fingerprint density at radius 2 is 1.95 bits per heavy atom. The van der Waals surface area contributed by atoms with Crippen LogP contribution in [0.15, 0.2) is 42.6 Å². The lowest BCUT2D eigenvalue weighted by Gasteiger charge is -2.11. The number of hydrogen-bond donors (Lipinski definition) is 1. The van der Waals surface area contributed by atoms with Crippen molar-refractivity contribution in [2.24, 2.45) is 0 Å². The molecular formula is C18H20N2O2. The molecule has 0 aliphatic rings. The Balaban J connectivity index is 2.24. The Morgan fingerprint density at radius 1 is 1.23 bits per heavy atom. The molecule has 2 aromatic heterocycles. The van der Waals surface area contributed by atoms with E-state index >= 15 is 0 Å². The molecule has 0 spiro atoms. The summed E-state index contributed by atoms with van der Waals surface area (Å²) in [6, 6.07) is 11.8. The van der Waals surface area contributed by atoms with Crippen LogP contribution in [0.25, 0.3) is 16.9 Å². The minimum Gasteiger partial charge on any atom is -0.497 e. The summed E-state index contributed by atoms with van der Waals surface area (Å²) >= 11 is 0. The molecule has 2 heterocycles. The van der Waals surface area contributed by atoms with Crippen molar-refractivity contribution >= 4 is 5.65 Å². The van der Waals surface area contributed by atoms with Gasteiger partial charge >= 0.3 is 0 Å². The van der Waals surface area contributed by atoms with Crippen molar-refractivity contribution in [3.05, 3.63) is 53.9 Å². The van der Waals surface area contributed by atoms with Gasteiger partial charge in [0.15, 0.2) is 0 Å². The molecule has 114 valence electrons. The normalized spacial score (nSPS) is 12.5. The van der Waals surface area contributed by atoms with Gasteiger partial charge in [0.25, 0.3) is 0 Å². The van der Waals surface area contributed by atoms with Crippen molar-refractivity contribution in [2.45, 2.75) is 26.4 Å². The molecule has 1 atom stereocenters. The third-order valence-electron chi connectivity index (χ3n) is 3.95. The fourth-order valence-electron chi connectivity index (χ4n) is 2.70. The lowest BCUT2D eigenvalue weighted by molar-refractivity contribution is 0.168. The number of imidazole rings is 1. The van der Waals surface area contributed by atoms with Crippen LogP contribution in [0.3, 0.4) is 0 Å². The number of pyridine rings is 1. The molecule has 4 nitrogen and oxygen atoms in total. The van der Waals surface area contributed by atoms with E-state index in [0.29, 0.717) is 6.42 Å². The number of rotatable bonds is 4. The molecule has 0 bridgehead atoms. The van der Waals surface area contributed by atoms with E-state index in [-0.39, 0.29) is 0 Å². The molecule has 4 heteroatoms. The largest absolute Gasteiger partial charge is 0.497 e. The van der Waals surface area contributed by atoms with Crippen molar-refractivity contribution in [1.82, 2.24) is 9.38 Å². The zero-order valence-electron chi connectivity index (χ0n) is 13.1. The predicted octanol–water partition coefficient (Wildman–Crippen LogP) is 3.76. The fraction of sp³-hybridized carbons (Fsp3) is 0.278.